The molecule has 2 heterocycles. The van der Waals surface area contributed by atoms with Crippen LogP contribution in [-0.4, -0.2) is 14.6 Å². The molecule has 8 heteroatoms. The molecular formula is C14H11F3N4O. The first-order valence-corrected chi connectivity index (χ1v) is 6.39. The van der Waals surface area contributed by atoms with Crippen LogP contribution in [0.2, 0.25) is 0 Å². The summed E-state index contributed by atoms with van der Waals surface area (Å²) in [5.41, 5.74) is 4.08. The van der Waals surface area contributed by atoms with Crippen molar-refractivity contribution in [2.24, 2.45) is 5.73 Å². The van der Waals surface area contributed by atoms with Crippen LogP contribution in [0.15, 0.2) is 41.2 Å². The van der Waals surface area contributed by atoms with Gasteiger partial charge in [-0.3, -0.25) is 9.89 Å². The van der Waals surface area contributed by atoms with E-state index in [2.05, 4.69) is 10.1 Å². The first-order valence-electron chi connectivity index (χ1n) is 6.39. The summed E-state index contributed by atoms with van der Waals surface area (Å²) in [6.45, 7) is -0.0352. The largest absolute Gasteiger partial charge is 0.433 e. The average molecular weight is 308 g/mol. The van der Waals surface area contributed by atoms with Crippen LogP contribution in [0.25, 0.3) is 16.8 Å². The van der Waals surface area contributed by atoms with E-state index in [0.29, 0.717) is 5.56 Å². The van der Waals surface area contributed by atoms with Gasteiger partial charge in [-0.05, 0) is 5.56 Å². The van der Waals surface area contributed by atoms with E-state index in [4.69, 9.17) is 5.73 Å². The Morgan fingerprint density at radius 2 is 1.91 bits per heavy atom. The van der Waals surface area contributed by atoms with Crippen molar-refractivity contribution < 1.29 is 13.2 Å². The Balaban J connectivity index is 2.45. The van der Waals surface area contributed by atoms with Gasteiger partial charge in [0.15, 0.2) is 5.65 Å². The Kier molecular flexibility index (Phi) is 3.25. The number of halogens is 3. The van der Waals surface area contributed by atoms with Crippen LogP contribution in [0, 0.1) is 0 Å². The van der Waals surface area contributed by atoms with Crippen molar-refractivity contribution in [3.05, 3.63) is 58.1 Å². The molecule has 114 valence electrons. The van der Waals surface area contributed by atoms with Crippen LogP contribution in [0.5, 0.6) is 0 Å². The van der Waals surface area contributed by atoms with Gasteiger partial charge in [-0.25, -0.2) is 9.50 Å². The van der Waals surface area contributed by atoms with E-state index >= 15 is 0 Å². The third-order valence-corrected chi connectivity index (χ3v) is 3.22. The maximum atomic E-state index is 13.3. The summed E-state index contributed by atoms with van der Waals surface area (Å²) in [5, 5.41) is 2.10. The molecule has 0 saturated carbocycles. The second-order valence-electron chi connectivity index (χ2n) is 4.67. The molecule has 5 nitrogen and oxygen atoms in total. The van der Waals surface area contributed by atoms with Crippen LogP contribution in [-0.2, 0) is 12.7 Å². The van der Waals surface area contributed by atoms with Gasteiger partial charge < -0.3 is 5.73 Å². The highest BCUT2D eigenvalue weighted by atomic mass is 19.4. The number of fused-ring (bicyclic) bond motifs is 1. The summed E-state index contributed by atoms with van der Waals surface area (Å²) in [5.74, 6) is 0. The maximum absolute atomic E-state index is 13.3. The highest BCUT2D eigenvalue weighted by Crippen LogP contribution is 2.37. The monoisotopic (exact) mass is 308 g/mol. The van der Waals surface area contributed by atoms with Gasteiger partial charge in [0.2, 0.25) is 0 Å². The topological polar surface area (TPSA) is 76.2 Å². The molecule has 0 unspecified atom stereocenters. The lowest BCUT2D eigenvalue weighted by Gasteiger charge is -2.07. The molecule has 3 aromatic rings. The fourth-order valence-corrected chi connectivity index (χ4v) is 2.27. The Hall–Kier alpha value is -2.61. The fraction of sp³-hybridized carbons (Fsp3) is 0.143. The quantitative estimate of drug-likeness (QED) is 0.762. The number of aromatic amines is 1. The number of hydrogen-bond acceptors (Lipinski definition) is 3. The van der Waals surface area contributed by atoms with Gasteiger partial charge in [-0.1, -0.05) is 30.3 Å². The second kappa shape index (κ2) is 4.99. The molecule has 3 rings (SSSR count). The number of rotatable bonds is 2. The summed E-state index contributed by atoms with van der Waals surface area (Å²) in [4.78, 5) is 16.0. The summed E-state index contributed by atoms with van der Waals surface area (Å²) in [6.07, 6.45) is -4.64. The molecule has 0 amide bonds. The van der Waals surface area contributed by atoms with E-state index in [1.165, 1.54) is 12.1 Å². The summed E-state index contributed by atoms with van der Waals surface area (Å²) >= 11 is 0. The predicted molar refractivity (Wildman–Crippen MR) is 74.1 cm³/mol. The zero-order valence-corrected chi connectivity index (χ0v) is 11.2. The summed E-state index contributed by atoms with van der Waals surface area (Å²) < 4.78 is 40.6. The molecule has 2 aromatic heterocycles. The van der Waals surface area contributed by atoms with Gasteiger partial charge in [-0.2, -0.15) is 13.2 Å². The zero-order chi connectivity index (χ0) is 15.9. The van der Waals surface area contributed by atoms with Crippen molar-refractivity contribution in [1.82, 2.24) is 14.6 Å². The van der Waals surface area contributed by atoms with E-state index in [1.54, 1.807) is 18.2 Å². The van der Waals surface area contributed by atoms with Gasteiger partial charge >= 0.3 is 6.18 Å². The number of H-pyrrole nitrogens is 1. The molecule has 0 radical (unpaired) electrons. The third kappa shape index (κ3) is 2.27. The Bertz CT molecular complexity index is 881. The van der Waals surface area contributed by atoms with Gasteiger partial charge in [0.05, 0.1) is 11.3 Å². The number of nitrogens with two attached hydrogens (primary N) is 1. The number of alkyl halides is 3. The molecule has 0 aliphatic heterocycles. The Labute approximate surface area is 122 Å². The summed E-state index contributed by atoms with van der Waals surface area (Å²) in [7, 11) is 0. The van der Waals surface area contributed by atoms with Gasteiger partial charge in [-0.15, -0.1) is 0 Å². The van der Waals surface area contributed by atoms with Crippen molar-refractivity contribution in [1.29, 1.82) is 0 Å². The van der Waals surface area contributed by atoms with E-state index in [9.17, 15) is 18.0 Å². The van der Waals surface area contributed by atoms with E-state index in [0.717, 1.165) is 10.6 Å². The normalized spacial score (nSPS) is 12.0. The predicted octanol–water partition coefficient (Wildman–Crippen LogP) is 2.17. The molecular weight excluding hydrogens is 297 g/mol. The highest BCUT2D eigenvalue weighted by Gasteiger charge is 2.38. The van der Waals surface area contributed by atoms with Crippen molar-refractivity contribution in [2.45, 2.75) is 12.7 Å². The molecule has 0 spiro atoms. The minimum Gasteiger partial charge on any atom is -0.325 e. The fourth-order valence-electron chi connectivity index (χ4n) is 2.27. The first kappa shape index (κ1) is 14.3. The lowest BCUT2D eigenvalue weighted by atomic mass is 10.1. The highest BCUT2D eigenvalue weighted by molar-refractivity contribution is 5.80. The van der Waals surface area contributed by atoms with Crippen LogP contribution in [0.3, 0.4) is 0 Å². The standard InChI is InChI=1S/C14H11F3N4O/c15-14(16,17)12-11(8-4-2-1-3-5-8)13-19-9(7-18)6-10(22)21(13)20-12/h1-6,20H,7,18H2. The number of aromatic nitrogens is 3. The molecule has 1 aromatic carbocycles. The van der Waals surface area contributed by atoms with Crippen molar-refractivity contribution >= 4 is 5.65 Å². The minimum atomic E-state index is -4.64. The number of benzene rings is 1. The maximum Gasteiger partial charge on any atom is 0.433 e. The van der Waals surface area contributed by atoms with Crippen LogP contribution in [0.4, 0.5) is 13.2 Å². The number of hydrogen-bond donors (Lipinski definition) is 2. The second-order valence-corrected chi connectivity index (χ2v) is 4.67. The van der Waals surface area contributed by atoms with Crippen molar-refractivity contribution in [3.63, 3.8) is 0 Å². The lowest BCUT2D eigenvalue weighted by Crippen LogP contribution is -2.17. The summed E-state index contributed by atoms with van der Waals surface area (Å²) in [6, 6.07) is 9.09. The van der Waals surface area contributed by atoms with Crippen molar-refractivity contribution in [3.8, 4) is 11.1 Å². The molecule has 0 fully saturated rings. The van der Waals surface area contributed by atoms with Gasteiger partial charge in [0.1, 0.15) is 5.69 Å². The van der Waals surface area contributed by atoms with E-state index < -0.39 is 17.4 Å². The first-order chi connectivity index (χ1) is 10.4. The van der Waals surface area contributed by atoms with Gasteiger partial charge in [0.25, 0.3) is 5.56 Å². The third-order valence-electron chi connectivity index (χ3n) is 3.22. The SMILES string of the molecule is NCc1cc(=O)n2[nH]c(C(F)(F)F)c(-c3ccccc3)c2n1. The number of nitrogens with zero attached hydrogens (tertiary/aromatic N) is 2. The van der Waals surface area contributed by atoms with Crippen molar-refractivity contribution in [2.75, 3.05) is 0 Å². The van der Waals surface area contributed by atoms with Gasteiger partial charge in [0, 0.05) is 12.6 Å². The smallest absolute Gasteiger partial charge is 0.325 e. The Morgan fingerprint density at radius 1 is 1.23 bits per heavy atom. The molecule has 0 saturated heterocycles. The molecule has 0 bridgehead atoms. The molecule has 22 heavy (non-hydrogen) atoms. The number of nitrogens with one attached hydrogen (secondary N) is 1. The van der Waals surface area contributed by atoms with Crippen LogP contribution in [0.1, 0.15) is 11.4 Å². The minimum absolute atomic E-state index is 0.0352. The molecule has 0 atom stereocenters. The van der Waals surface area contributed by atoms with E-state index in [-0.39, 0.29) is 23.4 Å². The van der Waals surface area contributed by atoms with E-state index in [1.807, 2.05) is 0 Å². The Morgan fingerprint density at radius 3 is 2.50 bits per heavy atom. The lowest BCUT2D eigenvalue weighted by molar-refractivity contribution is -0.140. The molecule has 0 aliphatic carbocycles. The van der Waals surface area contributed by atoms with Crippen LogP contribution >= 0.6 is 0 Å². The zero-order valence-electron chi connectivity index (χ0n) is 11.2. The van der Waals surface area contributed by atoms with Crippen LogP contribution < -0.4 is 11.3 Å². The molecule has 0 aliphatic rings. The molecule has 3 N–H and O–H groups in total. The average Bonchev–Trinajstić information content (AvgIpc) is 2.88.